The number of nitrogens with zero attached hydrogens (tertiary/aromatic N) is 3. The first-order chi connectivity index (χ1) is 17.5. The quantitative estimate of drug-likeness (QED) is 0.596. The van der Waals surface area contributed by atoms with Crippen LogP contribution in [0.4, 0.5) is 15.3 Å². The number of carbonyl (C=O) groups excluding carboxylic acids is 4. The van der Waals surface area contributed by atoms with E-state index in [0.717, 1.165) is 32.5 Å². The molecule has 2 N–H and O–H groups in total. The Morgan fingerprint density at radius 2 is 1.78 bits per heavy atom. The van der Waals surface area contributed by atoms with Crippen molar-refractivity contribution in [3.8, 4) is 5.75 Å². The molecule has 0 radical (unpaired) electrons. The van der Waals surface area contributed by atoms with Crippen LogP contribution in [0.3, 0.4) is 0 Å². The summed E-state index contributed by atoms with van der Waals surface area (Å²) < 4.78 is 10.7. The van der Waals surface area contributed by atoms with Crippen LogP contribution in [0.2, 0.25) is 0 Å². The lowest BCUT2D eigenvalue weighted by molar-refractivity contribution is -0.120. The molecule has 0 spiro atoms. The number of amides is 5. The van der Waals surface area contributed by atoms with Crippen molar-refractivity contribution in [1.29, 1.82) is 0 Å². The standard InChI is InChI=1S/C26H37N5O6/c1-26(2,3)37-25(35)27-19-13-17(14-19)16-29-9-11-30(12-10-29)23(33)18-5-6-21(36-4)20(15-18)31-8-7-22(32)28-24(31)34/h5-6,15,17,19H,7-14,16H2,1-4H3,(H,27,35)(H,28,32,34). The number of ether oxygens (including phenoxy) is 2. The number of hydrogen-bond donors (Lipinski definition) is 2. The van der Waals surface area contributed by atoms with Crippen LogP contribution in [-0.2, 0) is 9.53 Å². The molecule has 1 saturated carbocycles. The third-order valence-electron chi connectivity index (χ3n) is 6.90. The smallest absolute Gasteiger partial charge is 0.407 e. The van der Waals surface area contributed by atoms with Gasteiger partial charge in [-0.25, -0.2) is 9.59 Å². The van der Waals surface area contributed by atoms with E-state index in [0.29, 0.717) is 36.0 Å². The second-order valence-electron chi connectivity index (χ2n) is 10.9. The lowest BCUT2D eigenvalue weighted by Crippen LogP contribution is -2.53. The molecular formula is C26H37N5O6. The lowest BCUT2D eigenvalue weighted by Gasteiger charge is -2.41. The molecule has 2 heterocycles. The van der Waals surface area contributed by atoms with Gasteiger partial charge in [-0.3, -0.25) is 24.7 Å². The van der Waals surface area contributed by atoms with Crippen molar-refractivity contribution >= 4 is 29.6 Å². The Morgan fingerprint density at radius 3 is 2.41 bits per heavy atom. The zero-order valence-corrected chi connectivity index (χ0v) is 22.0. The number of hydrogen-bond acceptors (Lipinski definition) is 7. The minimum Gasteiger partial charge on any atom is -0.495 e. The van der Waals surface area contributed by atoms with Crippen molar-refractivity contribution in [2.24, 2.45) is 5.92 Å². The van der Waals surface area contributed by atoms with E-state index < -0.39 is 11.6 Å². The summed E-state index contributed by atoms with van der Waals surface area (Å²) in [5.74, 6) is 0.573. The van der Waals surface area contributed by atoms with Gasteiger partial charge in [0.1, 0.15) is 11.4 Å². The van der Waals surface area contributed by atoms with Crippen LogP contribution < -0.4 is 20.3 Å². The highest BCUT2D eigenvalue weighted by Gasteiger charge is 2.34. The van der Waals surface area contributed by atoms with Crippen LogP contribution >= 0.6 is 0 Å². The number of carbonyl (C=O) groups is 4. The number of piperazine rings is 1. The summed E-state index contributed by atoms with van der Waals surface area (Å²) >= 11 is 0. The highest BCUT2D eigenvalue weighted by atomic mass is 16.6. The van der Waals surface area contributed by atoms with Gasteiger partial charge in [-0.15, -0.1) is 0 Å². The Kier molecular flexibility index (Phi) is 7.91. The molecule has 0 atom stereocenters. The lowest BCUT2D eigenvalue weighted by atomic mass is 9.80. The number of alkyl carbamates (subject to hydrolysis) is 1. The third-order valence-corrected chi connectivity index (χ3v) is 6.90. The summed E-state index contributed by atoms with van der Waals surface area (Å²) in [5, 5.41) is 5.24. The number of urea groups is 1. The molecule has 202 valence electrons. The van der Waals surface area contributed by atoms with Gasteiger partial charge in [0.15, 0.2) is 0 Å². The van der Waals surface area contributed by atoms with Crippen LogP contribution in [0.25, 0.3) is 0 Å². The monoisotopic (exact) mass is 515 g/mol. The number of rotatable bonds is 6. The van der Waals surface area contributed by atoms with Crippen molar-refractivity contribution in [2.75, 3.05) is 51.3 Å². The molecule has 2 aliphatic heterocycles. The number of benzene rings is 1. The molecule has 11 nitrogen and oxygen atoms in total. The van der Waals surface area contributed by atoms with Crippen LogP contribution in [0.15, 0.2) is 18.2 Å². The molecule has 0 bridgehead atoms. The Balaban J connectivity index is 1.26. The molecule has 1 aromatic carbocycles. The topological polar surface area (TPSA) is 121 Å². The van der Waals surface area contributed by atoms with E-state index in [1.807, 2.05) is 25.7 Å². The Morgan fingerprint density at radius 1 is 1.08 bits per heavy atom. The molecule has 0 unspecified atom stereocenters. The van der Waals surface area contributed by atoms with E-state index in [4.69, 9.17) is 9.47 Å². The van der Waals surface area contributed by atoms with E-state index in [2.05, 4.69) is 15.5 Å². The first-order valence-electron chi connectivity index (χ1n) is 12.8. The van der Waals surface area contributed by atoms with Crippen LogP contribution in [0.5, 0.6) is 5.75 Å². The summed E-state index contributed by atoms with van der Waals surface area (Å²) in [5.41, 5.74) is 0.445. The Hall–Kier alpha value is -3.34. The summed E-state index contributed by atoms with van der Waals surface area (Å²) in [7, 11) is 1.50. The van der Waals surface area contributed by atoms with Gasteiger partial charge in [0.25, 0.3) is 5.91 Å². The Labute approximate surface area is 217 Å². The molecule has 3 aliphatic rings. The molecule has 0 aromatic heterocycles. The summed E-state index contributed by atoms with van der Waals surface area (Å²) in [6.45, 7) is 9.53. The fraction of sp³-hybridized carbons (Fsp3) is 0.615. The molecule has 1 aliphatic carbocycles. The Bertz CT molecular complexity index is 1040. The molecule has 2 saturated heterocycles. The van der Waals surface area contributed by atoms with Crippen molar-refractivity contribution in [2.45, 2.75) is 51.7 Å². The number of methoxy groups -OCH3 is 1. The maximum absolute atomic E-state index is 13.3. The van der Waals surface area contributed by atoms with Gasteiger partial charge < -0.3 is 19.7 Å². The van der Waals surface area contributed by atoms with Crippen molar-refractivity contribution in [3.63, 3.8) is 0 Å². The maximum atomic E-state index is 13.3. The largest absolute Gasteiger partial charge is 0.495 e. The van der Waals surface area contributed by atoms with Crippen LogP contribution in [-0.4, -0.2) is 91.8 Å². The van der Waals surface area contributed by atoms with Gasteiger partial charge in [-0.2, -0.15) is 0 Å². The predicted octanol–water partition coefficient (Wildman–Crippen LogP) is 2.20. The zero-order chi connectivity index (χ0) is 26.7. The summed E-state index contributed by atoms with van der Waals surface area (Å²) in [4.78, 5) is 54.7. The van der Waals surface area contributed by atoms with Gasteiger partial charge >= 0.3 is 12.1 Å². The molecular weight excluding hydrogens is 478 g/mol. The second kappa shape index (κ2) is 11.0. The highest BCUT2D eigenvalue weighted by Crippen LogP contribution is 2.32. The van der Waals surface area contributed by atoms with E-state index in [-0.39, 0.29) is 36.9 Å². The van der Waals surface area contributed by atoms with E-state index >= 15 is 0 Å². The molecule has 37 heavy (non-hydrogen) atoms. The first kappa shape index (κ1) is 26.7. The highest BCUT2D eigenvalue weighted by molar-refractivity contribution is 6.07. The number of nitrogens with one attached hydrogen (secondary N) is 2. The van der Waals surface area contributed by atoms with Gasteiger partial charge in [0, 0.05) is 57.3 Å². The van der Waals surface area contributed by atoms with Crippen molar-refractivity contribution in [1.82, 2.24) is 20.4 Å². The molecule has 1 aromatic rings. The summed E-state index contributed by atoms with van der Waals surface area (Å²) in [6, 6.07) is 4.69. The molecule has 4 rings (SSSR count). The third kappa shape index (κ3) is 6.71. The van der Waals surface area contributed by atoms with Gasteiger partial charge in [0.05, 0.1) is 12.8 Å². The minimum atomic E-state index is -0.521. The zero-order valence-electron chi connectivity index (χ0n) is 22.0. The van der Waals surface area contributed by atoms with Crippen LogP contribution in [0.1, 0.15) is 50.4 Å². The molecule has 3 fully saturated rings. The first-order valence-corrected chi connectivity index (χ1v) is 12.8. The fourth-order valence-electron chi connectivity index (χ4n) is 4.99. The average molecular weight is 516 g/mol. The number of imide groups is 1. The van der Waals surface area contributed by atoms with Crippen molar-refractivity contribution in [3.05, 3.63) is 23.8 Å². The van der Waals surface area contributed by atoms with Crippen molar-refractivity contribution < 1.29 is 28.7 Å². The predicted molar refractivity (Wildman–Crippen MR) is 137 cm³/mol. The van der Waals surface area contributed by atoms with Gasteiger partial charge in [-0.1, -0.05) is 0 Å². The number of anilines is 1. The summed E-state index contributed by atoms with van der Waals surface area (Å²) in [6.07, 6.45) is 1.69. The van der Waals surface area contributed by atoms with E-state index in [9.17, 15) is 19.2 Å². The van der Waals surface area contributed by atoms with Crippen LogP contribution in [0, 0.1) is 5.92 Å². The van der Waals surface area contributed by atoms with Gasteiger partial charge in [-0.05, 0) is 57.7 Å². The average Bonchev–Trinajstić information content (AvgIpc) is 2.81. The maximum Gasteiger partial charge on any atom is 0.407 e. The SMILES string of the molecule is COc1ccc(C(=O)N2CCN(CC3CC(NC(=O)OC(C)(C)C)C3)CC2)cc1N1CCC(=O)NC1=O. The fourth-order valence-corrected chi connectivity index (χ4v) is 4.99. The van der Waals surface area contributed by atoms with E-state index in [1.54, 1.807) is 18.2 Å². The second-order valence-corrected chi connectivity index (χ2v) is 10.9. The molecule has 11 heteroatoms. The minimum absolute atomic E-state index is 0.0951. The normalized spacial score (nSPS) is 22.7. The van der Waals surface area contributed by atoms with Gasteiger partial charge in [0.2, 0.25) is 5.91 Å². The molecule has 5 amide bonds. The van der Waals surface area contributed by atoms with E-state index in [1.165, 1.54) is 12.0 Å².